The zero-order chi connectivity index (χ0) is 11.1. The van der Waals surface area contributed by atoms with E-state index in [4.69, 9.17) is 4.42 Å². The van der Waals surface area contributed by atoms with Gasteiger partial charge in [-0.05, 0) is 38.8 Å². The molecule has 0 aromatic carbocycles. The molecule has 0 saturated heterocycles. The predicted octanol–water partition coefficient (Wildman–Crippen LogP) is 3.59. The Morgan fingerprint density at radius 3 is 2.93 bits per heavy atom. The summed E-state index contributed by atoms with van der Waals surface area (Å²) < 4.78 is 5.34. The molecule has 84 valence electrons. The number of furan rings is 1. The molecule has 0 aliphatic rings. The Labute approximate surface area is 92.4 Å². The van der Waals surface area contributed by atoms with Crippen LogP contribution < -0.4 is 5.32 Å². The molecule has 0 bridgehead atoms. The number of nitrogens with one attached hydrogen (secondary N) is 1. The summed E-state index contributed by atoms with van der Waals surface area (Å²) in [4.78, 5) is 0. The van der Waals surface area contributed by atoms with Crippen LogP contribution in [0.5, 0.6) is 0 Å². The lowest BCUT2D eigenvalue weighted by atomic mass is 10.0. The van der Waals surface area contributed by atoms with Crippen LogP contribution in [0.15, 0.2) is 29.4 Å². The van der Waals surface area contributed by atoms with Crippen molar-refractivity contribution in [3.8, 4) is 0 Å². The van der Waals surface area contributed by atoms with E-state index in [0.29, 0.717) is 6.04 Å². The van der Waals surface area contributed by atoms with Crippen molar-refractivity contribution in [2.24, 2.45) is 0 Å². The SMILES string of the molecule is C=CCCCC(NCC)c1coc(C)c1. The van der Waals surface area contributed by atoms with Gasteiger partial charge in [-0.3, -0.25) is 0 Å². The summed E-state index contributed by atoms with van der Waals surface area (Å²) in [6, 6.07) is 2.54. The summed E-state index contributed by atoms with van der Waals surface area (Å²) in [5.74, 6) is 0.983. The largest absolute Gasteiger partial charge is 0.469 e. The molecule has 2 heteroatoms. The molecule has 1 aromatic rings. The molecule has 0 saturated carbocycles. The van der Waals surface area contributed by atoms with Gasteiger partial charge < -0.3 is 9.73 Å². The number of unbranched alkanes of at least 4 members (excludes halogenated alkanes) is 1. The Kier molecular flexibility index (Phi) is 5.19. The molecule has 2 nitrogen and oxygen atoms in total. The molecular formula is C13H21NO. The van der Waals surface area contributed by atoms with Crippen LogP contribution in [0.3, 0.4) is 0 Å². The second-order valence-electron chi connectivity index (χ2n) is 3.82. The quantitative estimate of drug-likeness (QED) is 0.546. The van der Waals surface area contributed by atoms with Gasteiger partial charge in [0.2, 0.25) is 0 Å². The van der Waals surface area contributed by atoms with Gasteiger partial charge in [-0.15, -0.1) is 6.58 Å². The normalized spacial score (nSPS) is 12.7. The lowest BCUT2D eigenvalue weighted by molar-refractivity contribution is 0.485. The van der Waals surface area contributed by atoms with Crippen LogP contribution in [0.1, 0.15) is 43.6 Å². The average Bonchev–Trinajstić information content (AvgIpc) is 2.64. The maximum Gasteiger partial charge on any atom is 0.101 e. The van der Waals surface area contributed by atoms with E-state index in [1.807, 2.05) is 19.3 Å². The van der Waals surface area contributed by atoms with Gasteiger partial charge in [-0.25, -0.2) is 0 Å². The first-order chi connectivity index (χ1) is 7.27. The lowest BCUT2D eigenvalue weighted by Crippen LogP contribution is -2.20. The van der Waals surface area contributed by atoms with E-state index in [-0.39, 0.29) is 0 Å². The molecule has 0 fully saturated rings. The smallest absolute Gasteiger partial charge is 0.101 e. The first-order valence-corrected chi connectivity index (χ1v) is 5.67. The first-order valence-electron chi connectivity index (χ1n) is 5.67. The van der Waals surface area contributed by atoms with Gasteiger partial charge in [0.15, 0.2) is 0 Å². The topological polar surface area (TPSA) is 25.2 Å². The highest BCUT2D eigenvalue weighted by atomic mass is 16.3. The van der Waals surface area contributed by atoms with Crippen LogP contribution >= 0.6 is 0 Å². The Balaban J connectivity index is 2.52. The number of hydrogen-bond acceptors (Lipinski definition) is 2. The second-order valence-corrected chi connectivity index (χ2v) is 3.82. The third-order valence-electron chi connectivity index (χ3n) is 2.50. The van der Waals surface area contributed by atoms with Crippen molar-refractivity contribution in [3.63, 3.8) is 0 Å². The highest BCUT2D eigenvalue weighted by molar-refractivity contribution is 5.16. The van der Waals surface area contributed by atoms with E-state index < -0.39 is 0 Å². The molecule has 0 aliphatic heterocycles. The standard InChI is InChI=1S/C13H21NO/c1-4-6-7-8-13(14-5-2)12-9-11(3)15-10-12/h4,9-10,13-14H,1,5-8H2,2-3H3. The van der Waals surface area contributed by atoms with Crippen LogP contribution in [0.2, 0.25) is 0 Å². The highest BCUT2D eigenvalue weighted by Gasteiger charge is 2.11. The molecule has 0 spiro atoms. The summed E-state index contributed by atoms with van der Waals surface area (Å²) >= 11 is 0. The van der Waals surface area contributed by atoms with E-state index in [1.54, 1.807) is 0 Å². The number of hydrogen-bond donors (Lipinski definition) is 1. The van der Waals surface area contributed by atoms with E-state index in [1.165, 1.54) is 12.0 Å². The second kappa shape index (κ2) is 6.46. The van der Waals surface area contributed by atoms with Gasteiger partial charge in [-0.1, -0.05) is 13.0 Å². The molecule has 1 rings (SSSR count). The average molecular weight is 207 g/mol. The minimum atomic E-state index is 0.424. The molecule has 1 heterocycles. The number of rotatable bonds is 7. The van der Waals surface area contributed by atoms with Crippen molar-refractivity contribution >= 4 is 0 Å². The monoisotopic (exact) mass is 207 g/mol. The maximum absolute atomic E-state index is 5.34. The maximum atomic E-state index is 5.34. The summed E-state index contributed by atoms with van der Waals surface area (Å²) in [7, 11) is 0. The van der Waals surface area contributed by atoms with Crippen molar-refractivity contribution in [2.75, 3.05) is 6.54 Å². The van der Waals surface area contributed by atoms with Crippen LogP contribution in [-0.4, -0.2) is 6.54 Å². The van der Waals surface area contributed by atoms with Gasteiger partial charge in [0.25, 0.3) is 0 Å². The molecule has 1 N–H and O–H groups in total. The van der Waals surface area contributed by atoms with E-state index in [9.17, 15) is 0 Å². The Bertz CT molecular complexity index is 290. The molecular weight excluding hydrogens is 186 g/mol. The van der Waals surface area contributed by atoms with Gasteiger partial charge in [0, 0.05) is 11.6 Å². The molecule has 0 amide bonds. The number of allylic oxidation sites excluding steroid dienone is 1. The van der Waals surface area contributed by atoms with Crippen LogP contribution in [0.25, 0.3) is 0 Å². The van der Waals surface area contributed by atoms with Gasteiger partial charge in [0.1, 0.15) is 5.76 Å². The number of aryl methyl sites for hydroxylation is 1. The van der Waals surface area contributed by atoms with Crippen LogP contribution in [0.4, 0.5) is 0 Å². The predicted molar refractivity (Wildman–Crippen MR) is 63.9 cm³/mol. The zero-order valence-electron chi connectivity index (χ0n) is 9.75. The lowest BCUT2D eigenvalue weighted by Gasteiger charge is -2.15. The first kappa shape index (κ1) is 12.1. The summed E-state index contributed by atoms with van der Waals surface area (Å²) in [6.07, 6.45) is 7.23. The molecule has 15 heavy (non-hydrogen) atoms. The third kappa shape index (κ3) is 3.92. The van der Waals surface area contributed by atoms with Crippen molar-refractivity contribution in [2.45, 2.75) is 39.2 Å². The van der Waals surface area contributed by atoms with Crippen molar-refractivity contribution < 1.29 is 4.42 Å². The summed E-state index contributed by atoms with van der Waals surface area (Å²) in [5.41, 5.74) is 1.26. The fraction of sp³-hybridized carbons (Fsp3) is 0.538. The van der Waals surface area contributed by atoms with Crippen LogP contribution in [-0.2, 0) is 0 Å². The van der Waals surface area contributed by atoms with Crippen molar-refractivity contribution in [3.05, 3.63) is 36.3 Å². The van der Waals surface area contributed by atoms with Gasteiger partial charge >= 0.3 is 0 Å². The molecule has 1 atom stereocenters. The third-order valence-corrected chi connectivity index (χ3v) is 2.50. The Morgan fingerprint density at radius 1 is 1.60 bits per heavy atom. The van der Waals surface area contributed by atoms with Crippen LogP contribution in [0, 0.1) is 6.92 Å². The van der Waals surface area contributed by atoms with Crippen molar-refractivity contribution in [1.82, 2.24) is 5.32 Å². The Hall–Kier alpha value is -1.02. The van der Waals surface area contributed by atoms with Crippen molar-refractivity contribution in [1.29, 1.82) is 0 Å². The minimum absolute atomic E-state index is 0.424. The van der Waals surface area contributed by atoms with E-state index in [0.717, 1.165) is 25.1 Å². The molecule has 1 unspecified atom stereocenters. The molecule has 0 aliphatic carbocycles. The zero-order valence-corrected chi connectivity index (χ0v) is 9.75. The molecule has 1 aromatic heterocycles. The summed E-state index contributed by atoms with van der Waals surface area (Å²) in [5, 5.41) is 3.48. The summed E-state index contributed by atoms with van der Waals surface area (Å²) in [6.45, 7) is 8.85. The van der Waals surface area contributed by atoms with E-state index in [2.05, 4.69) is 24.9 Å². The van der Waals surface area contributed by atoms with E-state index >= 15 is 0 Å². The minimum Gasteiger partial charge on any atom is -0.469 e. The Morgan fingerprint density at radius 2 is 2.40 bits per heavy atom. The highest BCUT2D eigenvalue weighted by Crippen LogP contribution is 2.21. The fourth-order valence-corrected chi connectivity index (χ4v) is 1.75. The molecule has 0 radical (unpaired) electrons. The van der Waals surface area contributed by atoms with Gasteiger partial charge in [0.05, 0.1) is 6.26 Å². The van der Waals surface area contributed by atoms with Gasteiger partial charge in [-0.2, -0.15) is 0 Å². The fourth-order valence-electron chi connectivity index (χ4n) is 1.75.